The SMILES string of the molecule is COc1ccc(N2CCN(C3=NC(=O)/C(=C\c4cccc(Br)c4)S3)CC2)cc1. The largest absolute Gasteiger partial charge is 0.497 e. The molecule has 28 heavy (non-hydrogen) atoms. The first-order valence-electron chi connectivity index (χ1n) is 9.04. The van der Waals surface area contributed by atoms with Gasteiger partial charge in [-0.2, -0.15) is 4.99 Å². The van der Waals surface area contributed by atoms with E-state index in [1.807, 2.05) is 42.5 Å². The summed E-state index contributed by atoms with van der Waals surface area (Å²) in [5, 5.41) is 0.806. The number of carbonyl (C=O) groups excluding carboxylic acids is 1. The zero-order chi connectivity index (χ0) is 19.5. The number of amides is 1. The highest BCUT2D eigenvalue weighted by Gasteiger charge is 2.28. The molecule has 1 fully saturated rings. The average Bonchev–Trinajstić information content (AvgIpc) is 3.08. The van der Waals surface area contributed by atoms with Gasteiger partial charge in [-0.1, -0.05) is 28.1 Å². The smallest absolute Gasteiger partial charge is 0.286 e. The Balaban J connectivity index is 1.38. The Labute approximate surface area is 177 Å². The fraction of sp³-hybridized carbons (Fsp3) is 0.238. The monoisotopic (exact) mass is 457 g/mol. The molecule has 0 aromatic heterocycles. The molecule has 0 atom stereocenters. The number of anilines is 1. The van der Waals surface area contributed by atoms with Crippen molar-refractivity contribution in [3.8, 4) is 5.75 Å². The Hall–Kier alpha value is -2.25. The maximum absolute atomic E-state index is 12.3. The van der Waals surface area contributed by atoms with E-state index in [4.69, 9.17) is 4.74 Å². The Morgan fingerprint density at radius 2 is 1.79 bits per heavy atom. The molecule has 2 aromatic carbocycles. The Morgan fingerprint density at radius 3 is 2.46 bits per heavy atom. The maximum Gasteiger partial charge on any atom is 0.286 e. The van der Waals surface area contributed by atoms with Gasteiger partial charge in [-0.25, -0.2) is 0 Å². The summed E-state index contributed by atoms with van der Waals surface area (Å²) in [7, 11) is 1.67. The molecule has 0 unspecified atom stereocenters. The van der Waals surface area contributed by atoms with Crippen LogP contribution in [0, 0.1) is 0 Å². The minimum absolute atomic E-state index is 0.155. The third-order valence-corrected chi connectivity index (χ3v) is 6.28. The van der Waals surface area contributed by atoms with Crippen LogP contribution >= 0.6 is 27.7 Å². The Kier molecular flexibility index (Phi) is 5.73. The predicted octanol–water partition coefficient (Wildman–Crippen LogP) is 4.25. The second-order valence-electron chi connectivity index (χ2n) is 6.54. The molecule has 1 saturated heterocycles. The van der Waals surface area contributed by atoms with Crippen molar-refractivity contribution in [3.05, 3.63) is 63.5 Å². The van der Waals surface area contributed by atoms with Crippen molar-refractivity contribution in [2.45, 2.75) is 0 Å². The molecule has 0 saturated carbocycles. The fourth-order valence-corrected chi connectivity index (χ4v) is 4.61. The van der Waals surface area contributed by atoms with E-state index >= 15 is 0 Å². The number of halogens is 1. The summed E-state index contributed by atoms with van der Waals surface area (Å²) < 4.78 is 6.22. The summed E-state index contributed by atoms with van der Waals surface area (Å²) in [5.74, 6) is 0.708. The minimum Gasteiger partial charge on any atom is -0.497 e. The molecule has 0 radical (unpaired) electrons. The van der Waals surface area contributed by atoms with Gasteiger partial charge in [-0.3, -0.25) is 4.79 Å². The van der Waals surface area contributed by atoms with Crippen LogP contribution in [0.5, 0.6) is 5.75 Å². The van der Waals surface area contributed by atoms with Crippen LogP contribution < -0.4 is 9.64 Å². The van der Waals surface area contributed by atoms with Gasteiger partial charge in [0.15, 0.2) is 5.17 Å². The molecule has 2 aromatic rings. The summed E-state index contributed by atoms with van der Waals surface area (Å²) in [6.07, 6.45) is 1.90. The zero-order valence-corrected chi connectivity index (χ0v) is 17.9. The molecule has 0 aliphatic carbocycles. The lowest BCUT2D eigenvalue weighted by Gasteiger charge is -2.36. The van der Waals surface area contributed by atoms with Crippen LogP contribution in [0.1, 0.15) is 5.56 Å². The fourth-order valence-electron chi connectivity index (χ4n) is 3.23. The van der Waals surface area contributed by atoms with E-state index in [1.165, 1.54) is 17.4 Å². The molecule has 5 nitrogen and oxygen atoms in total. The number of methoxy groups -OCH3 is 1. The summed E-state index contributed by atoms with van der Waals surface area (Å²) >= 11 is 4.93. The van der Waals surface area contributed by atoms with E-state index in [0.717, 1.165) is 47.1 Å². The number of thioether (sulfide) groups is 1. The number of piperazine rings is 1. The van der Waals surface area contributed by atoms with Gasteiger partial charge >= 0.3 is 0 Å². The van der Waals surface area contributed by atoms with Crippen molar-refractivity contribution in [1.82, 2.24) is 4.90 Å². The molecule has 2 aliphatic heterocycles. The molecule has 7 heteroatoms. The maximum atomic E-state index is 12.3. The van der Waals surface area contributed by atoms with E-state index in [-0.39, 0.29) is 5.91 Å². The summed E-state index contributed by atoms with van der Waals surface area (Å²) in [6.45, 7) is 3.47. The van der Waals surface area contributed by atoms with Crippen molar-refractivity contribution in [1.29, 1.82) is 0 Å². The molecule has 2 heterocycles. The van der Waals surface area contributed by atoms with Gasteiger partial charge in [0.25, 0.3) is 5.91 Å². The number of ether oxygens (including phenoxy) is 1. The molecule has 2 aliphatic rings. The molecule has 144 valence electrons. The predicted molar refractivity (Wildman–Crippen MR) is 119 cm³/mol. The van der Waals surface area contributed by atoms with Gasteiger partial charge in [0, 0.05) is 36.3 Å². The van der Waals surface area contributed by atoms with Crippen LogP contribution in [-0.2, 0) is 4.79 Å². The van der Waals surface area contributed by atoms with Gasteiger partial charge in [0.1, 0.15) is 5.75 Å². The number of carbonyl (C=O) groups is 1. The molecule has 0 bridgehead atoms. The molecule has 0 spiro atoms. The van der Waals surface area contributed by atoms with Gasteiger partial charge in [-0.15, -0.1) is 0 Å². The van der Waals surface area contributed by atoms with Crippen LogP contribution in [-0.4, -0.2) is 49.3 Å². The number of hydrogen-bond donors (Lipinski definition) is 0. The van der Waals surface area contributed by atoms with Crippen LogP contribution in [0.15, 0.2) is 62.9 Å². The number of amidine groups is 1. The first-order chi connectivity index (χ1) is 13.6. The van der Waals surface area contributed by atoms with E-state index in [9.17, 15) is 4.79 Å². The first-order valence-corrected chi connectivity index (χ1v) is 10.7. The van der Waals surface area contributed by atoms with Crippen LogP contribution in [0.4, 0.5) is 5.69 Å². The lowest BCUT2D eigenvalue weighted by atomic mass is 10.2. The second-order valence-corrected chi connectivity index (χ2v) is 8.46. The topological polar surface area (TPSA) is 45.1 Å². The summed E-state index contributed by atoms with van der Waals surface area (Å²) in [5.41, 5.74) is 2.18. The van der Waals surface area contributed by atoms with Gasteiger partial charge in [0.2, 0.25) is 0 Å². The molecular weight excluding hydrogens is 438 g/mol. The van der Waals surface area contributed by atoms with Crippen LogP contribution in [0.2, 0.25) is 0 Å². The number of nitrogens with zero attached hydrogens (tertiary/aromatic N) is 3. The normalized spacial score (nSPS) is 18.6. The van der Waals surface area contributed by atoms with Crippen molar-refractivity contribution in [2.75, 3.05) is 38.2 Å². The third kappa shape index (κ3) is 4.25. The van der Waals surface area contributed by atoms with E-state index in [2.05, 4.69) is 42.9 Å². The molecular formula is C21H20BrN3O2S. The number of benzene rings is 2. The lowest BCUT2D eigenvalue weighted by Crippen LogP contribution is -2.47. The van der Waals surface area contributed by atoms with E-state index in [1.54, 1.807) is 7.11 Å². The van der Waals surface area contributed by atoms with Crippen molar-refractivity contribution < 1.29 is 9.53 Å². The van der Waals surface area contributed by atoms with Crippen molar-refractivity contribution in [3.63, 3.8) is 0 Å². The van der Waals surface area contributed by atoms with E-state index < -0.39 is 0 Å². The van der Waals surface area contributed by atoms with E-state index in [0.29, 0.717) is 4.91 Å². The molecule has 0 N–H and O–H groups in total. The van der Waals surface area contributed by atoms with Gasteiger partial charge in [-0.05, 0) is 59.8 Å². The Morgan fingerprint density at radius 1 is 1.07 bits per heavy atom. The van der Waals surface area contributed by atoms with Gasteiger partial charge < -0.3 is 14.5 Å². The number of rotatable bonds is 3. The van der Waals surface area contributed by atoms with Crippen LogP contribution in [0.25, 0.3) is 6.08 Å². The van der Waals surface area contributed by atoms with Crippen molar-refractivity contribution in [2.24, 2.45) is 4.99 Å². The second kappa shape index (κ2) is 8.41. The summed E-state index contributed by atoms with van der Waals surface area (Å²) in [6, 6.07) is 16.0. The van der Waals surface area contributed by atoms with Crippen molar-refractivity contribution >= 4 is 50.5 Å². The molecule has 4 rings (SSSR count). The quantitative estimate of drug-likeness (QED) is 0.644. The minimum atomic E-state index is -0.155. The average molecular weight is 458 g/mol. The van der Waals surface area contributed by atoms with Crippen LogP contribution in [0.3, 0.4) is 0 Å². The number of aliphatic imine (C=N–C) groups is 1. The molecule has 1 amide bonds. The highest BCUT2D eigenvalue weighted by atomic mass is 79.9. The highest BCUT2D eigenvalue weighted by Crippen LogP contribution is 2.31. The zero-order valence-electron chi connectivity index (χ0n) is 15.5. The standard InChI is InChI=1S/C21H20BrN3O2S/c1-27-18-7-5-17(6-8-18)24-9-11-25(12-10-24)21-23-20(26)19(28-21)14-15-3-2-4-16(22)13-15/h2-8,13-14H,9-12H2,1H3/b19-14+. The number of hydrogen-bond acceptors (Lipinski definition) is 5. The first kappa shape index (κ1) is 19.1. The lowest BCUT2D eigenvalue weighted by molar-refractivity contribution is -0.113. The Bertz CT molecular complexity index is 935. The van der Waals surface area contributed by atoms with Gasteiger partial charge in [0.05, 0.1) is 12.0 Å². The highest BCUT2D eigenvalue weighted by molar-refractivity contribution is 9.10. The third-order valence-electron chi connectivity index (χ3n) is 4.74. The summed E-state index contributed by atoms with van der Waals surface area (Å²) in [4.78, 5) is 21.8.